The Morgan fingerprint density at radius 3 is 2.73 bits per heavy atom. The minimum absolute atomic E-state index is 0.111. The zero-order chi connectivity index (χ0) is 10.8. The number of aromatic carboxylic acids is 1. The lowest BCUT2D eigenvalue weighted by Gasteiger charge is -1.96. The Kier molecular flexibility index (Phi) is 2.46. The van der Waals surface area contributed by atoms with Crippen LogP contribution in [0.1, 0.15) is 10.5 Å². The fraction of sp³-hybridized carbons (Fsp3) is 0. The molecule has 0 aliphatic rings. The van der Waals surface area contributed by atoms with Crippen LogP contribution in [0.25, 0.3) is 5.82 Å². The number of nitrogens with zero attached hydrogens (tertiary/aromatic N) is 4. The Balaban J connectivity index is 2.37. The van der Waals surface area contributed by atoms with E-state index in [1.54, 1.807) is 18.3 Å². The predicted octanol–water partition coefficient (Wildman–Crippen LogP) is 1.12. The SMILES string of the molecule is O=C(O)c1cnn(-c2ccc(Br)cn2)n1. The molecule has 7 heteroatoms. The minimum Gasteiger partial charge on any atom is -0.476 e. The van der Waals surface area contributed by atoms with Crippen LogP contribution < -0.4 is 0 Å². The molecule has 2 aromatic heterocycles. The van der Waals surface area contributed by atoms with Gasteiger partial charge in [-0.2, -0.15) is 5.10 Å². The highest BCUT2D eigenvalue weighted by Gasteiger charge is 2.09. The molecule has 0 atom stereocenters. The Labute approximate surface area is 92.7 Å². The van der Waals surface area contributed by atoms with Gasteiger partial charge >= 0.3 is 5.97 Å². The fourth-order valence-electron chi connectivity index (χ4n) is 0.958. The van der Waals surface area contributed by atoms with Gasteiger partial charge in [-0.3, -0.25) is 0 Å². The monoisotopic (exact) mass is 268 g/mol. The standard InChI is InChI=1S/C8H5BrN4O2/c9-5-1-2-7(10-3-5)13-11-4-6(12-13)8(14)15/h1-4H,(H,14,15). The van der Waals surface area contributed by atoms with Gasteiger partial charge in [0.05, 0.1) is 6.20 Å². The number of aromatic nitrogens is 4. The molecule has 0 fully saturated rings. The van der Waals surface area contributed by atoms with Crippen LogP contribution in [0.5, 0.6) is 0 Å². The lowest BCUT2D eigenvalue weighted by atomic mass is 10.5. The highest BCUT2D eigenvalue weighted by molar-refractivity contribution is 9.10. The minimum atomic E-state index is -1.11. The van der Waals surface area contributed by atoms with E-state index in [4.69, 9.17) is 5.11 Å². The maximum atomic E-state index is 10.6. The lowest BCUT2D eigenvalue weighted by Crippen LogP contribution is -2.03. The van der Waals surface area contributed by atoms with Crippen LogP contribution in [-0.2, 0) is 0 Å². The van der Waals surface area contributed by atoms with Gasteiger partial charge < -0.3 is 5.11 Å². The zero-order valence-electron chi connectivity index (χ0n) is 7.33. The number of carbonyl (C=O) groups is 1. The van der Waals surface area contributed by atoms with Gasteiger partial charge in [0.2, 0.25) is 0 Å². The van der Waals surface area contributed by atoms with E-state index in [1.807, 2.05) is 0 Å². The molecule has 0 amide bonds. The average molecular weight is 269 g/mol. The molecule has 1 N–H and O–H groups in total. The molecule has 6 nitrogen and oxygen atoms in total. The summed E-state index contributed by atoms with van der Waals surface area (Å²) in [7, 11) is 0. The first kappa shape index (κ1) is 9.78. The van der Waals surface area contributed by atoms with E-state index >= 15 is 0 Å². The van der Waals surface area contributed by atoms with Crippen molar-refractivity contribution in [2.24, 2.45) is 0 Å². The van der Waals surface area contributed by atoms with Crippen molar-refractivity contribution in [2.75, 3.05) is 0 Å². The van der Waals surface area contributed by atoms with Gasteiger partial charge in [-0.05, 0) is 28.1 Å². The van der Waals surface area contributed by atoms with Crippen molar-refractivity contribution in [3.8, 4) is 5.82 Å². The number of halogens is 1. The molecule has 0 spiro atoms. The Bertz CT molecular complexity index is 494. The van der Waals surface area contributed by atoms with Crippen molar-refractivity contribution in [2.45, 2.75) is 0 Å². The quantitative estimate of drug-likeness (QED) is 0.883. The highest BCUT2D eigenvalue weighted by Crippen LogP contribution is 2.09. The summed E-state index contributed by atoms with van der Waals surface area (Å²) in [6.45, 7) is 0. The van der Waals surface area contributed by atoms with E-state index in [0.717, 1.165) is 9.27 Å². The number of pyridine rings is 1. The van der Waals surface area contributed by atoms with Crippen molar-refractivity contribution in [3.05, 3.63) is 34.7 Å². The normalized spacial score (nSPS) is 10.2. The summed E-state index contributed by atoms with van der Waals surface area (Å²) in [4.78, 5) is 15.7. The maximum Gasteiger partial charge on any atom is 0.358 e. The fourth-order valence-corrected chi connectivity index (χ4v) is 1.19. The first-order chi connectivity index (χ1) is 7.16. The van der Waals surface area contributed by atoms with Gasteiger partial charge in [0.25, 0.3) is 0 Å². The second kappa shape index (κ2) is 3.77. The summed E-state index contributed by atoms with van der Waals surface area (Å²) in [5.41, 5.74) is -0.111. The number of carboxylic acid groups (broad SMARTS) is 1. The third kappa shape index (κ3) is 2.01. The lowest BCUT2D eigenvalue weighted by molar-refractivity contribution is 0.0690. The smallest absolute Gasteiger partial charge is 0.358 e. The largest absolute Gasteiger partial charge is 0.476 e. The Morgan fingerprint density at radius 1 is 1.40 bits per heavy atom. The number of hydrogen-bond donors (Lipinski definition) is 1. The third-order valence-corrected chi connectivity index (χ3v) is 2.10. The van der Waals surface area contributed by atoms with Crippen LogP contribution in [0, 0.1) is 0 Å². The van der Waals surface area contributed by atoms with Gasteiger partial charge in [-0.25, -0.2) is 9.78 Å². The van der Waals surface area contributed by atoms with Gasteiger partial charge in [0, 0.05) is 10.7 Å². The Hall–Kier alpha value is -1.76. The topological polar surface area (TPSA) is 80.9 Å². The zero-order valence-corrected chi connectivity index (χ0v) is 8.92. The molecule has 0 bridgehead atoms. The molecule has 0 aliphatic carbocycles. The summed E-state index contributed by atoms with van der Waals surface area (Å²) in [6, 6.07) is 3.45. The molecule has 0 aromatic carbocycles. The summed E-state index contributed by atoms with van der Waals surface area (Å²) >= 11 is 3.24. The first-order valence-electron chi connectivity index (χ1n) is 3.94. The second-order valence-electron chi connectivity index (χ2n) is 2.66. The second-order valence-corrected chi connectivity index (χ2v) is 3.57. The molecule has 15 heavy (non-hydrogen) atoms. The van der Waals surface area contributed by atoms with Crippen LogP contribution in [-0.4, -0.2) is 31.1 Å². The predicted molar refractivity (Wildman–Crippen MR) is 53.8 cm³/mol. The highest BCUT2D eigenvalue weighted by atomic mass is 79.9. The third-order valence-electron chi connectivity index (χ3n) is 1.63. The van der Waals surface area contributed by atoms with Gasteiger partial charge in [-0.15, -0.1) is 9.90 Å². The summed E-state index contributed by atoms with van der Waals surface area (Å²) < 4.78 is 0.830. The molecule has 76 valence electrons. The van der Waals surface area contributed by atoms with Crippen LogP contribution >= 0.6 is 15.9 Å². The van der Waals surface area contributed by atoms with E-state index in [9.17, 15) is 4.79 Å². The summed E-state index contributed by atoms with van der Waals surface area (Å²) in [5, 5.41) is 16.2. The molecule has 0 saturated carbocycles. The number of carboxylic acids is 1. The molecular weight excluding hydrogens is 264 g/mol. The van der Waals surface area contributed by atoms with Gasteiger partial charge in [0.15, 0.2) is 11.5 Å². The molecule has 0 radical (unpaired) electrons. The summed E-state index contributed by atoms with van der Waals surface area (Å²) in [6.07, 6.45) is 2.76. The molecule has 2 rings (SSSR count). The van der Waals surface area contributed by atoms with Crippen molar-refractivity contribution < 1.29 is 9.90 Å². The van der Waals surface area contributed by atoms with Gasteiger partial charge in [-0.1, -0.05) is 0 Å². The van der Waals surface area contributed by atoms with E-state index in [2.05, 4.69) is 31.1 Å². The van der Waals surface area contributed by atoms with E-state index in [1.165, 1.54) is 6.20 Å². The van der Waals surface area contributed by atoms with Crippen LogP contribution in [0.15, 0.2) is 29.0 Å². The van der Waals surface area contributed by atoms with E-state index < -0.39 is 5.97 Å². The maximum absolute atomic E-state index is 10.6. The van der Waals surface area contributed by atoms with E-state index in [-0.39, 0.29) is 5.69 Å². The van der Waals surface area contributed by atoms with Gasteiger partial charge in [0.1, 0.15) is 0 Å². The molecule has 2 aromatic rings. The van der Waals surface area contributed by atoms with E-state index in [0.29, 0.717) is 5.82 Å². The average Bonchev–Trinajstić information content (AvgIpc) is 2.68. The molecule has 0 aliphatic heterocycles. The molecule has 0 unspecified atom stereocenters. The first-order valence-corrected chi connectivity index (χ1v) is 4.73. The van der Waals surface area contributed by atoms with Crippen LogP contribution in [0.3, 0.4) is 0 Å². The van der Waals surface area contributed by atoms with Crippen molar-refractivity contribution in [3.63, 3.8) is 0 Å². The van der Waals surface area contributed by atoms with Crippen LogP contribution in [0.2, 0.25) is 0 Å². The van der Waals surface area contributed by atoms with Crippen molar-refractivity contribution >= 4 is 21.9 Å². The van der Waals surface area contributed by atoms with Crippen molar-refractivity contribution in [1.82, 2.24) is 20.0 Å². The summed E-state index contributed by atoms with van der Waals surface area (Å²) in [5.74, 6) is -0.649. The molecule has 2 heterocycles. The number of hydrogen-bond acceptors (Lipinski definition) is 4. The van der Waals surface area contributed by atoms with Crippen LogP contribution in [0.4, 0.5) is 0 Å². The van der Waals surface area contributed by atoms with Crippen molar-refractivity contribution in [1.29, 1.82) is 0 Å². The number of rotatable bonds is 2. The molecule has 0 saturated heterocycles. The Morgan fingerprint density at radius 2 is 2.20 bits per heavy atom. The molecular formula is C8H5BrN4O2.